The van der Waals surface area contributed by atoms with Crippen LogP contribution in [0.3, 0.4) is 0 Å². The average molecular weight is 728 g/mol. The number of fused-ring (bicyclic) bond motifs is 17. The molecule has 1 aliphatic carbocycles. The third kappa shape index (κ3) is 4.01. The number of hydrogen-bond acceptors (Lipinski definition) is 3. The Hall–Kier alpha value is -7.30. The lowest BCUT2D eigenvalue weighted by Crippen LogP contribution is -2.18. The van der Waals surface area contributed by atoms with Gasteiger partial charge in [0.2, 0.25) is 5.95 Å². The lowest BCUT2D eigenvalue weighted by molar-refractivity contribution is 0.656. The van der Waals surface area contributed by atoms with Crippen LogP contribution in [-0.4, -0.2) is 14.5 Å². The summed E-state index contributed by atoms with van der Waals surface area (Å²) in [6.07, 6.45) is 0. The highest BCUT2D eigenvalue weighted by atomic mass is 16.3. The third-order valence-electron chi connectivity index (χ3n) is 12.7. The van der Waals surface area contributed by atoms with E-state index in [1.165, 1.54) is 59.4 Å². The Balaban J connectivity index is 1.24. The molecule has 266 valence electrons. The minimum Gasteiger partial charge on any atom is -0.456 e. The molecule has 0 N–H and O–H groups in total. The predicted molar refractivity (Wildman–Crippen MR) is 237 cm³/mol. The molecule has 0 bridgehead atoms. The van der Waals surface area contributed by atoms with Gasteiger partial charge in [-0.3, -0.25) is 4.57 Å². The van der Waals surface area contributed by atoms with Gasteiger partial charge in [-0.25, -0.2) is 9.97 Å². The normalized spacial score (nSPS) is 13.6. The molecule has 12 aromatic rings. The minimum atomic E-state index is -0.339. The van der Waals surface area contributed by atoms with Gasteiger partial charge < -0.3 is 4.42 Å². The molecule has 3 heterocycles. The monoisotopic (exact) mass is 727 g/mol. The zero-order valence-corrected chi connectivity index (χ0v) is 31.3. The highest BCUT2D eigenvalue weighted by molar-refractivity contribution is 6.35. The molecule has 57 heavy (non-hydrogen) atoms. The van der Waals surface area contributed by atoms with Gasteiger partial charge in [-0.15, -0.1) is 0 Å². The Morgan fingerprint density at radius 1 is 0.439 bits per heavy atom. The van der Waals surface area contributed by atoms with Gasteiger partial charge >= 0.3 is 0 Å². The van der Waals surface area contributed by atoms with Crippen molar-refractivity contribution in [3.63, 3.8) is 0 Å². The van der Waals surface area contributed by atoms with Crippen LogP contribution in [0.25, 0.3) is 115 Å². The molecule has 0 unspecified atom stereocenters. The van der Waals surface area contributed by atoms with Crippen molar-refractivity contribution in [3.8, 4) is 28.5 Å². The van der Waals surface area contributed by atoms with E-state index in [2.05, 4.69) is 170 Å². The molecule has 0 saturated heterocycles. The molecule has 3 aromatic heterocycles. The maximum atomic E-state index is 6.46. The lowest BCUT2D eigenvalue weighted by Gasteiger charge is -2.24. The third-order valence-corrected chi connectivity index (χ3v) is 12.7. The highest BCUT2D eigenvalue weighted by Crippen LogP contribution is 2.53. The van der Waals surface area contributed by atoms with Gasteiger partial charge in [-0.05, 0) is 73.6 Å². The van der Waals surface area contributed by atoms with Gasteiger partial charge in [-0.1, -0.05) is 147 Å². The fourth-order valence-corrected chi connectivity index (χ4v) is 10.3. The quantitative estimate of drug-likeness (QED) is 0.167. The second-order valence-corrected chi connectivity index (χ2v) is 16.1. The first-order valence-electron chi connectivity index (χ1n) is 19.7. The van der Waals surface area contributed by atoms with Crippen LogP contribution in [0.5, 0.6) is 0 Å². The summed E-state index contributed by atoms with van der Waals surface area (Å²) in [6, 6.07) is 59.1. The van der Waals surface area contributed by atoms with Gasteiger partial charge in [0.05, 0.1) is 22.4 Å². The molecular weight excluding hydrogens is 695 g/mol. The molecule has 0 saturated carbocycles. The van der Waals surface area contributed by atoms with Crippen molar-refractivity contribution in [2.24, 2.45) is 0 Å². The van der Waals surface area contributed by atoms with Crippen molar-refractivity contribution < 1.29 is 4.42 Å². The summed E-state index contributed by atoms with van der Waals surface area (Å²) < 4.78 is 8.79. The number of hydrogen-bond donors (Lipinski definition) is 0. The maximum absolute atomic E-state index is 6.46. The first kappa shape index (κ1) is 31.0. The lowest BCUT2D eigenvalue weighted by atomic mass is 9.80. The van der Waals surface area contributed by atoms with Crippen LogP contribution in [-0.2, 0) is 5.41 Å². The highest BCUT2D eigenvalue weighted by Gasteiger charge is 2.40. The standard InChI is InChI=1S/C53H33N3O/c1-53(2)41-23-11-9-20-37(41)50-49(53)51(39-22-13-25-45-46(39)38-21-10-12-24-44(38)57-45)55-52(54-50)56-42-27-26-36-34-18-6-5-16-32(34)33-17-7-8-19-35(33)47(36)48(42)40-28-30-14-3-4-15-31(30)29-43(40)56/h3-29H,1-2H3. The fraction of sp³-hybridized carbons (Fsp3) is 0.0566. The van der Waals surface area contributed by atoms with E-state index in [1.54, 1.807) is 0 Å². The molecule has 4 nitrogen and oxygen atoms in total. The first-order chi connectivity index (χ1) is 28.0. The Morgan fingerprint density at radius 3 is 1.81 bits per heavy atom. The smallest absolute Gasteiger partial charge is 0.235 e. The zero-order valence-electron chi connectivity index (χ0n) is 31.3. The Bertz CT molecular complexity index is 3700. The van der Waals surface area contributed by atoms with Gasteiger partial charge in [0.25, 0.3) is 0 Å². The molecule has 0 aliphatic heterocycles. The second kappa shape index (κ2) is 10.9. The van der Waals surface area contributed by atoms with Crippen molar-refractivity contribution in [2.45, 2.75) is 19.3 Å². The molecule has 13 rings (SSSR count). The van der Waals surface area contributed by atoms with E-state index in [0.29, 0.717) is 5.95 Å². The van der Waals surface area contributed by atoms with Crippen molar-refractivity contribution >= 4 is 86.8 Å². The summed E-state index contributed by atoms with van der Waals surface area (Å²) in [5.74, 6) is 0.654. The predicted octanol–water partition coefficient (Wildman–Crippen LogP) is 14.1. The van der Waals surface area contributed by atoms with Crippen LogP contribution in [0.4, 0.5) is 0 Å². The van der Waals surface area contributed by atoms with Crippen LogP contribution in [0.15, 0.2) is 168 Å². The van der Waals surface area contributed by atoms with E-state index in [1.807, 2.05) is 12.1 Å². The Morgan fingerprint density at radius 2 is 1.02 bits per heavy atom. The average Bonchev–Trinajstić information content (AvgIpc) is 3.87. The molecule has 0 radical (unpaired) electrons. The number of rotatable bonds is 2. The van der Waals surface area contributed by atoms with E-state index in [0.717, 1.165) is 61.1 Å². The maximum Gasteiger partial charge on any atom is 0.235 e. The zero-order chi connectivity index (χ0) is 37.6. The van der Waals surface area contributed by atoms with Crippen molar-refractivity contribution in [1.82, 2.24) is 14.5 Å². The molecule has 0 atom stereocenters. The van der Waals surface area contributed by atoms with E-state index in [9.17, 15) is 0 Å². The molecule has 9 aromatic carbocycles. The number of para-hydroxylation sites is 1. The summed E-state index contributed by atoms with van der Waals surface area (Å²) in [7, 11) is 0. The number of benzene rings is 9. The second-order valence-electron chi connectivity index (χ2n) is 16.1. The first-order valence-corrected chi connectivity index (χ1v) is 19.7. The van der Waals surface area contributed by atoms with Crippen LogP contribution in [0.2, 0.25) is 0 Å². The Kier molecular flexibility index (Phi) is 5.94. The number of aromatic nitrogens is 3. The summed E-state index contributed by atoms with van der Waals surface area (Å²) in [4.78, 5) is 11.4. The van der Waals surface area contributed by atoms with Crippen molar-refractivity contribution in [3.05, 3.63) is 175 Å². The van der Waals surface area contributed by atoms with E-state index < -0.39 is 0 Å². The summed E-state index contributed by atoms with van der Waals surface area (Å²) in [5, 5.41) is 14.5. The van der Waals surface area contributed by atoms with E-state index >= 15 is 0 Å². The minimum absolute atomic E-state index is 0.339. The molecule has 0 amide bonds. The molecule has 1 aliphatic rings. The number of furan rings is 1. The van der Waals surface area contributed by atoms with E-state index in [-0.39, 0.29) is 5.41 Å². The van der Waals surface area contributed by atoms with Crippen LogP contribution < -0.4 is 0 Å². The summed E-state index contributed by atoms with van der Waals surface area (Å²) in [6.45, 7) is 4.62. The Labute approximate surface area is 327 Å². The molecule has 4 heteroatoms. The fourth-order valence-electron chi connectivity index (χ4n) is 10.3. The van der Waals surface area contributed by atoms with Gasteiger partial charge in [-0.2, -0.15) is 0 Å². The largest absolute Gasteiger partial charge is 0.456 e. The van der Waals surface area contributed by atoms with Crippen LogP contribution in [0.1, 0.15) is 25.0 Å². The van der Waals surface area contributed by atoms with Crippen molar-refractivity contribution in [2.75, 3.05) is 0 Å². The van der Waals surface area contributed by atoms with E-state index in [4.69, 9.17) is 14.4 Å². The SMILES string of the molecule is CC1(C)c2ccccc2-c2nc(-n3c4cc5ccccc5cc4c4c5c6ccccc6c6ccccc6c5ccc43)nc(-c3cccc4oc5ccccc5c34)c21. The van der Waals surface area contributed by atoms with Crippen LogP contribution >= 0.6 is 0 Å². The molecular formula is C53H33N3O. The number of nitrogens with zero attached hydrogens (tertiary/aromatic N) is 3. The van der Waals surface area contributed by atoms with Gasteiger partial charge in [0.15, 0.2) is 0 Å². The van der Waals surface area contributed by atoms with Gasteiger partial charge in [0, 0.05) is 49.0 Å². The summed E-state index contributed by atoms with van der Waals surface area (Å²) in [5.41, 5.74) is 10.1. The molecule has 0 fully saturated rings. The summed E-state index contributed by atoms with van der Waals surface area (Å²) >= 11 is 0. The van der Waals surface area contributed by atoms with Gasteiger partial charge in [0.1, 0.15) is 11.2 Å². The van der Waals surface area contributed by atoms with Crippen molar-refractivity contribution in [1.29, 1.82) is 0 Å². The molecule has 0 spiro atoms. The van der Waals surface area contributed by atoms with Crippen LogP contribution in [0, 0.1) is 0 Å². The topological polar surface area (TPSA) is 43.9 Å².